The summed E-state index contributed by atoms with van der Waals surface area (Å²) >= 11 is 3.26. The van der Waals surface area contributed by atoms with Gasteiger partial charge in [-0.15, -0.1) is 0 Å². The zero-order valence-electron chi connectivity index (χ0n) is 6.52. The van der Waals surface area contributed by atoms with Crippen LogP contribution in [-0.4, -0.2) is 23.8 Å². The maximum Gasteiger partial charge on any atom is 0.0693 e. The highest BCUT2D eigenvalue weighted by Gasteiger charge is 2.23. The van der Waals surface area contributed by atoms with Gasteiger partial charge in [-0.1, -0.05) is 22.5 Å². The van der Waals surface area contributed by atoms with Crippen LogP contribution >= 0.6 is 15.9 Å². The van der Waals surface area contributed by atoms with Crippen molar-refractivity contribution in [2.45, 2.75) is 31.4 Å². The molecular weight excluding hydrogens is 206 g/mol. The molecule has 1 aliphatic rings. The molecule has 2 atom stereocenters. The Bertz CT molecular complexity index is 149. The van der Waals surface area contributed by atoms with Crippen molar-refractivity contribution in [1.82, 2.24) is 5.32 Å². The van der Waals surface area contributed by atoms with Crippen molar-refractivity contribution in [2.75, 3.05) is 6.54 Å². The van der Waals surface area contributed by atoms with Gasteiger partial charge in [0.2, 0.25) is 0 Å². The van der Waals surface area contributed by atoms with E-state index < -0.39 is 0 Å². The molecule has 1 saturated carbocycles. The van der Waals surface area contributed by atoms with E-state index >= 15 is 0 Å². The van der Waals surface area contributed by atoms with Crippen molar-refractivity contribution in [3.8, 4) is 0 Å². The van der Waals surface area contributed by atoms with Crippen LogP contribution in [0.4, 0.5) is 0 Å². The summed E-state index contributed by atoms with van der Waals surface area (Å²) in [5.74, 6) is 0. The van der Waals surface area contributed by atoms with Gasteiger partial charge >= 0.3 is 0 Å². The topological polar surface area (TPSA) is 32.3 Å². The molecule has 3 heteroatoms. The molecule has 64 valence electrons. The summed E-state index contributed by atoms with van der Waals surface area (Å²) in [6.07, 6.45) is 3.00. The van der Waals surface area contributed by atoms with Crippen LogP contribution in [0.2, 0.25) is 0 Å². The lowest BCUT2D eigenvalue weighted by atomic mass is 10.2. The molecule has 1 fully saturated rings. The summed E-state index contributed by atoms with van der Waals surface area (Å²) in [6, 6.07) is 0.282. The van der Waals surface area contributed by atoms with Gasteiger partial charge in [0.05, 0.1) is 6.10 Å². The molecule has 0 bridgehead atoms. The van der Waals surface area contributed by atoms with E-state index in [1.54, 1.807) is 0 Å². The van der Waals surface area contributed by atoms with Gasteiger partial charge in [0, 0.05) is 17.1 Å². The van der Waals surface area contributed by atoms with Gasteiger partial charge in [-0.2, -0.15) is 0 Å². The Kier molecular flexibility index (Phi) is 3.55. The minimum Gasteiger partial charge on any atom is -0.392 e. The number of hydrogen-bond acceptors (Lipinski definition) is 2. The molecule has 0 aliphatic heterocycles. The van der Waals surface area contributed by atoms with Crippen molar-refractivity contribution in [3.05, 3.63) is 11.1 Å². The molecule has 0 spiro atoms. The molecule has 0 saturated heterocycles. The quantitative estimate of drug-likeness (QED) is 0.753. The molecular formula is C8H14BrNO. The monoisotopic (exact) mass is 219 g/mol. The number of aliphatic hydroxyl groups excluding tert-OH is 1. The van der Waals surface area contributed by atoms with Crippen molar-refractivity contribution >= 4 is 15.9 Å². The van der Waals surface area contributed by atoms with Crippen LogP contribution in [0.3, 0.4) is 0 Å². The predicted molar refractivity (Wildman–Crippen MR) is 49.7 cm³/mol. The Labute approximate surface area is 75.8 Å². The lowest BCUT2D eigenvalue weighted by molar-refractivity contribution is 0.151. The highest BCUT2D eigenvalue weighted by Crippen LogP contribution is 2.18. The first-order valence-corrected chi connectivity index (χ1v) is 4.74. The van der Waals surface area contributed by atoms with Gasteiger partial charge < -0.3 is 10.4 Å². The second-order valence-corrected chi connectivity index (χ2v) is 4.12. The van der Waals surface area contributed by atoms with Crippen LogP contribution < -0.4 is 5.32 Å². The first-order valence-electron chi connectivity index (χ1n) is 3.95. The summed E-state index contributed by atoms with van der Waals surface area (Å²) in [5.41, 5.74) is 0. The standard InChI is InChI=1S/C8H14BrNO/c1-6(9)5-10-7-3-2-4-8(7)11/h7-8,10-11H,1-5H2/t7-,8-/m0/s1. The normalized spacial score (nSPS) is 30.7. The van der Waals surface area contributed by atoms with E-state index in [-0.39, 0.29) is 12.1 Å². The highest BCUT2D eigenvalue weighted by molar-refractivity contribution is 9.11. The average Bonchev–Trinajstić information content (AvgIpc) is 2.31. The molecule has 0 radical (unpaired) electrons. The van der Waals surface area contributed by atoms with Crippen molar-refractivity contribution in [3.63, 3.8) is 0 Å². The van der Waals surface area contributed by atoms with Crippen LogP contribution in [0.25, 0.3) is 0 Å². The van der Waals surface area contributed by atoms with E-state index in [4.69, 9.17) is 0 Å². The minimum atomic E-state index is -0.151. The first-order chi connectivity index (χ1) is 5.20. The van der Waals surface area contributed by atoms with Crippen LogP contribution in [0, 0.1) is 0 Å². The van der Waals surface area contributed by atoms with E-state index in [1.807, 2.05) is 0 Å². The van der Waals surface area contributed by atoms with E-state index in [2.05, 4.69) is 27.8 Å². The fourth-order valence-electron chi connectivity index (χ4n) is 1.42. The number of nitrogens with one attached hydrogen (secondary N) is 1. The molecule has 0 amide bonds. The van der Waals surface area contributed by atoms with Crippen LogP contribution in [0.5, 0.6) is 0 Å². The Morgan fingerprint density at radius 2 is 2.36 bits per heavy atom. The summed E-state index contributed by atoms with van der Waals surface area (Å²) in [6.45, 7) is 4.47. The van der Waals surface area contributed by atoms with E-state index in [0.717, 1.165) is 30.3 Å². The molecule has 0 heterocycles. The Hall–Kier alpha value is 0.140. The number of hydrogen-bond donors (Lipinski definition) is 2. The third-order valence-corrected chi connectivity index (χ3v) is 2.32. The van der Waals surface area contributed by atoms with Crippen LogP contribution in [0.15, 0.2) is 11.1 Å². The molecule has 0 aromatic rings. The number of rotatable bonds is 3. The summed E-state index contributed by atoms with van der Waals surface area (Å²) < 4.78 is 0.941. The largest absolute Gasteiger partial charge is 0.392 e. The van der Waals surface area contributed by atoms with Gasteiger partial charge in [0.1, 0.15) is 0 Å². The van der Waals surface area contributed by atoms with E-state index in [1.165, 1.54) is 0 Å². The lowest BCUT2D eigenvalue weighted by Crippen LogP contribution is -2.36. The van der Waals surface area contributed by atoms with Gasteiger partial charge in [0.15, 0.2) is 0 Å². The zero-order valence-corrected chi connectivity index (χ0v) is 8.10. The Morgan fingerprint density at radius 3 is 2.82 bits per heavy atom. The van der Waals surface area contributed by atoms with Gasteiger partial charge in [-0.3, -0.25) is 0 Å². The fourth-order valence-corrected chi connectivity index (χ4v) is 1.58. The SMILES string of the molecule is C=C(Br)CN[C@H]1CCC[C@@H]1O. The maximum atomic E-state index is 9.39. The number of aliphatic hydroxyl groups is 1. The Morgan fingerprint density at radius 1 is 1.64 bits per heavy atom. The summed E-state index contributed by atoms with van der Waals surface area (Å²) in [4.78, 5) is 0. The third kappa shape index (κ3) is 2.93. The molecule has 0 aromatic carbocycles. The molecule has 1 rings (SSSR count). The zero-order chi connectivity index (χ0) is 8.27. The van der Waals surface area contributed by atoms with Gasteiger partial charge in [-0.25, -0.2) is 0 Å². The van der Waals surface area contributed by atoms with Crippen LogP contribution in [-0.2, 0) is 0 Å². The van der Waals surface area contributed by atoms with Crippen molar-refractivity contribution in [2.24, 2.45) is 0 Å². The summed E-state index contributed by atoms with van der Waals surface area (Å²) in [7, 11) is 0. The van der Waals surface area contributed by atoms with E-state index in [9.17, 15) is 5.11 Å². The second-order valence-electron chi connectivity index (χ2n) is 3.00. The molecule has 0 aromatic heterocycles. The second kappa shape index (κ2) is 4.24. The summed E-state index contributed by atoms with van der Waals surface area (Å²) in [5, 5.41) is 12.6. The molecule has 11 heavy (non-hydrogen) atoms. The van der Waals surface area contributed by atoms with Crippen molar-refractivity contribution < 1.29 is 5.11 Å². The fraction of sp³-hybridized carbons (Fsp3) is 0.750. The first kappa shape index (κ1) is 9.23. The van der Waals surface area contributed by atoms with Gasteiger partial charge in [0.25, 0.3) is 0 Å². The number of halogens is 1. The predicted octanol–water partition coefficient (Wildman–Crippen LogP) is 1.40. The van der Waals surface area contributed by atoms with Crippen LogP contribution in [0.1, 0.15) is 19.3 Å². The molecule has 1 aliphatic carbocycles. The Balaban J connectivity index is 2.20. The molecule has 2 nitrogen and oxygen atoms in total. The third-order valence-electron chi connectivity index (χ3n) is 2.04. The van der Waals surface area contributed by atoms with E-state index in [0.29, 0.717) is 0 Å². The minimum absolute atomic E-state index is 0.151. The van der Waals surface area contributed by atoms with Crippen molar-refractivity contribution in [1.29, 1.82) is 0 Å². The molecule has 0 unspecified atom stereocenters. The maximum absolute atomic E-state index is 9.39. The molecule has 2 N–H and O–H groups in total. The van der Waals surface area contributed by atoms with Gasteiger partial charge in [-0.05, 0) is 19.3 Å². The highest BCUT2D eigenvalue weighted by atomic mass is 79.9. The lowest BCUT2D eigenvalue weighted by Gasteiger charge is -2.15. The smallest absolute Gasteiger partial charge is 0.0693 e. The average molecular weight is 220 g/mol.